The number of ketones is 1. The number of carbonyl (C=O) groups excluding carboxylic acids is 2. The van der Waals surface area contributed by atoms with Gasteiger partial charge in [-0.15, -0.1) is 6.58 Å². The summed E-state index contributed by atoms with van der Waals surface area (Å²) in [6.45, 7) is 9.39. The number of esters is 1. The second kappa shape index (κ2) is 9.19. The number of Topliss-reactive ketones (excluding diaryl/α,β-unsaturated/α-hetero) is 1. The van der Waals surface area contributed by atoms with Crippen LogP contribution in [0.4, 0.5) is 0 Å². The SMILES string of the molecule is C=C[C@@H](CCC)[C@H](Cc1ccccc1)C(=O)C(=O)OC(C)C. The molecule has 0 unspecified atom stereocenters. The molecule has 0 aliphatic rings. The van der Waals surface area contributed by atoms with Crippen LogP contribution in [0.3, 0.4) is 0 Å². The molecule has 0 saturated heterocycles. The maximum Gasteiger partial charge on any atom is 0.375 e. The molecule has 0 saturated carbocycles. The normalized spacial score (nSPS) is 13.5. The minimum Gasteiger partial charge on any atom is -0.457 e. The number of hydrogen-bond donors (Lipinski definition) is 0. The van der Waals surface area contributed by atoms with Gasteiger partial charge in [-0.2, -0.15) is 0 Å². The van der Waals surface area contributed by atoms with E-state index >= 15 is 0 Å². The number of ether oxygens (including phenoxy) is 1. The number of benzene rings is 1. The zero-order valence-corrected chi connectivity index (χ0v) is 13.7. The van der Waals surface area contributed by atoms with E-state index in [9.17, 15) is 9.59 Å². The quantitative estimate of drug-likeness (QED) is 0.394. The number of allylic oxidation sites excluding steroid dienone is 1. The van der Waals surface area contributed by atoms with Crippen LogP contribution in [-0.2, 0) is 20.7 Å². The van der Waals surface area contributed by atoms with Crippen molar-refractivity contribution in [2.24, 2.45) is 11.8 Å². The Morgan fingerprint density at radius 1 is 1.23 bits per heavy atom. The number of rotatable bonds is 9. The van der Waals surface area contributed by atoms with Gasteiger partial charge >= 0.3 is 5.97 Å². The Hall–Kier alpha value is -1.90. The van der Waals surface area contributed by atoms with E-state index < -0.39 is 17.7 Å². The van der Waals surface area contributed by atoms with Crippen molar-refractivity contribution >= 4 is 11.8 Å². The number of hydrogen-bond acceptors (Lipinski definition) is 3. The van der Waals surface area contributed by atoms with Crippen LogP contribution >= 0.6 is 0 Å². The summed E-state index contributed by atoms with van der Waals surface area (Å²) >= 11 is 0. The lowest BCUT2D eigenvalue weighted by atomic mass is 9.81. The fourth-order valence-corrected chi connectivity index (χ4v) is 2.55. The molecule has 0 aromatic heterocycles. The number of carbonyl (C=O) groups is 2. The highest BCUT2D eigenvalue weighted by atomic mass is 16.5. The van der Waals surface area contributed by atoms with Gasteiger partial charge in [-0.1, -0.05) is 49.8 Å². The van der Waals surface area contributed by atoms with Crippen molar-refractivity contribution in [1.82, 2.24) is 0 Å². The molecule has 0 N–H and O–H groups in total. The first-order chi connectivity index (χ1) is 10.5. The molecule has 0 heterocycles. The predicted octanol–water partition coefficient (Wildman–Crippen LogP) is 3.97. The van der Waals surface area contributed by atoms with Gasteiger partial charge in [-0.3, -0.25) is 4.79 Å². The van der Waals surface area contributed by atoms with Crippen LogP contribution in [0, 0.1) is 11.8 Å². The standard InChI is InChI=1S/C19H26O3/c1-5-10-16(6-2)17(13-15-11-8-7-9-12-15)18(20)19(21)22-14(3)4/h6-9,11-12,14,16-17H,2,5,10,13H2,1,3-4H3/t16-,17-/m0/s1. The maximum absolute atomic E-state index is 12.5. The smallest absolute Gasteiger partial charge is 0.375 e. The first-order valence-electron chi connectivity index (χ1n) is 7.90. The van der Waals surface area contributed by atoms with Crippen LogP contribution in [0.15, 0.2) is 43.0 Å². The van der Waals surface area contributed by atoms with Crippen LogP contribution in [0.2, 0.25) is 0 Å². The van der Waals surface area contributed by atoms with E-state index in [1.165, 1.54) is 0 Å². The Morgan fingerprint density at radius 3 is 2.36 bits per heavy atom. The molecule has 0 amide bonds. The molecular weight excluding hydrogens is 276 g/mol. The lowest BCUT2D eigenvalue weighted by Crippen LogP contribution is -2.33. The maximum atomic E-state index is 12.5. The lowest BCUT2D eigenvalue weighted by molar-refractivity contribution is -0.159. The average molecular weight is 302 g/mol. The van der Waals surface area contributed by atoms with Crippen molar-refractivity contribution in [2.75, 3.05) is 0 Å². The minimum atomic E-state index is -0.737. The molecule has 0 aliphatic carbocycles. The highest BCUT2D eigenvalue weighted by Gasteiger charge is 2.32. The van der Waals surface area contributed by atoms with E-state index in [1.807, 2.05) is 30.3 Å². The van der Waals surface area contributed by atoms with Gasteiger partial charge in [0.15, 0.2) is 0 Å². The molecule has 0 radical (unpaired) electrons. The summed E-state index contributed by atoms with van der Waals surface area (Å²) in [6.07, 6.45) is 3.80. The molecule has 120 valence electrons. The highest BCUT2D eigenvalue weighted by molar-refractivity contribution is 6.34. The third-order valence-corrected chi connectivity index (χ3v) is 3.62. The van der Waals surface area contributed by atoms with Crippen LogP contribution in [-0.4, -0.2) is 17.9 Å². The van der Waals surface area contributed by atoms with Gasteiger partial charge in [-0.05, 0) is 38.2 Å². The lowest BCUT2D eigenvalue weighted by Gasteiger charge is -2.23. The summed E-state index contributed by atoms with van der Waals surface area (Å²) in [7, 11) is 0. The van der Waals surface area contributed by atoms with Crippen LogP contribution in [0.25, 0.3) is 0 Å². The minimum absolute atomic E-state index is 0.0163. The Kier molecular flexibility index (Phi) is 7.58. The molecule has 3 heteroatoms. The van der Waals surface area contributed by atoms with E-state index in [0.29, 0.717) is 6.42 Å². The topological polar surface area (TPSA) is 43.4 Å². The third-order valence-electron chi connectivity index (χ3n) is 3.62. The van der Waals surface area contributed by atoms with Crippen LogP contribution in [0.1, 0.15) is 39.2 Å². The molecule has 0 aliphatic heterocycles. The third kappa shape index (κ3) is 5.47. The largest absolute Gasteiger partial charge is 0.457 e. The summed E-state index contributed by atoms with van der Waals surface area (Å²) in [5, 5.41) is 0. The van der Waals surface area contributed by atoms with Gasteiger partial charge in [0, 0.05) is 5.92 Å². The van der Waals surface area contributed by atoms with Crippen molar-refractivity contribution in [3.63, 3.8) is 0 Å². The summed E-state index contributed by atoms with van der Waals surface area (Å²) in [6, 6.07) is 9.75. The first-order valence-corrected chi connectivity index (χ1v) is 7.90. The molecule has 0 spiro atoms. The Labute approximate surface area is 133 Å². The monoisotopic (exact) mass is 302 g/mol. The average Bonchev–Trinajstić information content (AvgIpc) is 2.50. The fraction of sp³-hybridized carbons (Fsp3) is 0.474. The zero-order chi connectivity index (χ0) is 16.5. The van der Waals surface area contributed by atoms with Crippen molar-refractivity contribution < 1.29 is 14.3 Å². The van der Waals surface area contributed by atoms with Gasteiger partial charge in [0.2, 0.25) is 5.78 Å². The fourth-order valence-electron chi connectivity index (χ4n) is 2.55. The van der Waals surface area contributed by atoms with Gasteiger partial charge in [0.1, 0.15) is 0 Å². The molecule has 3 nitrogen and oxygen atoms in total. The predicted molar refractivity (Wildman–Crippen MR) is 88.5 cm³/mol. The Balaban J connectivity index is 2.96. The molecule has 1 aromatic rings. The first kappa shape index (κ1) is 18.1. The van der Waals surface area contributed by atoms with E-state index in [4.69, 9.17) is 4.74 Å². The molecular formula is C19H26O3. The molecule has 0 fully saturated rings. The Bertz CT molecular complexity index is 491. The zero-order valence-electron chi connectivity index (χ0n) is 13.7. The van der Waals surface area contributed by atoms with E-state index in [0.717, 1.165) is 18.4 Å². The molecule has 1 rings (SSSR count). The van der Waals surface area contributed by atoms with E-state index in [1.54, 1.807) is 19.9 Å². The van der Waals surface area contributed by atoms with Gasteiger partial charge < -0.3 is 4.74 Å². The van der Waals surface area contributed by atoms with Crippen molar-refractivity contribution in [1.29, 1.82) is 0 Å². The van der Waals surface area contributed by atoms with Crippen molar-refractivity contribution in [3.05, 3.63) is 48.6 Å². The summed E-state index contributed by atoms with van der Waals surface area (Å²) in [5.74, 6) is -1.61. The molecule has 22 heavy (non-hydrogen) atoms. The van der Waals surface area contributed by atoms with E-state index in [2.05, 4.69) is 13.5 Å². The second-order valence-electron chi connectivity index (χ2n) is 5.80. The van der Waals surface area contributed by atoms with Crippen molar-refractivity contribution in [2.45, 2.75) is 46.1 Å². The summed E-state index contributed by atoms with van der Waals surface area (Å²) in [5.41, 5.74) is 1.04. The van der Waals surface area contributed by atoms with Crippen molar-refractivity contribution in [3.8, 4) is 0 Å². The highest BCUT2D eigenvalue weighted by Crippen LogP contribution is 2.25. The van der Waals surface area contributed by atoms with E-state index in [-0.39, 0.29) is 12.0 Å². The van der Waals surface area contributed by atoms with Gasteiger partial charge in [0.05, 0.1) is 6.10 Å². The Morgan fingerprint density at radius 2 is 1.86 bits per heavy atom. The van der Waals surface area contributed by atoms with Crippen LogP contribution in [0.5, 0.6) is 0 Å². The van der Waals surface area contributed by atoms with Gasteiger partial charge in [0.25, 0.3) is 0 Å². The van der Waals surface area contributed by atoms with Gasteiger partial charge in [-0.25, -0.2) is 4.79 Å². The molecule has 1 aromatic carbocycles. The summed E-state index contributed by atoms with van der Waals surface area (Å²) in [4.78, 5) is 24.5. The second-order valence-corrected chi connectivity index (χ2v) is 5.80. The molecule has 0 bridgehead atoms. The summed E-state index contributed by atoms with van der Waals surface area (Å²) < 4.78 is 5.08. The van der Waals surface area contributed by atoms with Crippen LogP contribution < -0.4 is 0 Å². The molecule has 2 atom stereocenters.